The standard InChI is InChI=1S/C10H8ClN3/c11-9-6-10(13-7-12-9)14-8-4-2-1-3-5-8/h1-7H,(H,12,13,14). The number of benzene rings is 1. The zero-order chi connectivity index (χ0) is 9.80. The molecule has 1 heterocycles. The van der Waals surface area contributed by atoms with Gasteiger partial charge in [0.05, 0.1) is 0 Å². The second-order valence-electron chi connectivity index (χ2n) is 2.72. The Hall–Kier alpha value is -1.61. The lowest BCUT2D eigenvalue weighted by atomic mass is 10.3. The van der Waals surface area contributed by atoms with Crippen LogP contribution >= 0.6 is 11.6 Å². The zero-order valence-electron chi connectivity index (χ0n) is 7.31. The third kappa shape index (κ3) is 2.20. The molecule has 2 aromatic rings. The lowest BCUT2D eigenvalue weighted by Gasteiger charge is -2.03. The summed E-state index contributed by atoms with van der Waals surface area (Å²) in [5.41, 5.74) is 0.974. The number of anilines is 2. The summed E-state index contributed by atoms with van der Waals surface area (Å²) in [5, 5.41) is 3.54. The Morgan fingerprint density at radius 3 is 2.57 bits per heavy atom. The highest BCUT2D eigenvalue weighted by atomic mass is 35.5. The first-order valence-electron chi connectivity index (χ1n) is 4.14. The number of nitrogens with one attached hydrogen (secondary N) is 1. The fourth-order valence-corrected chi connectivity index (χ4v) is 1.22. The summed E-state index contributed by atoms with van der Waals surface area (Å²) in [6.07, 6.45) is 1.42. The average Bonchev–Trinajstić information content (AvgIpc) is 2.19. The Morgan fingerprint density at radius 1 is 1.07 bits per heavy atom. The molecule has 0 atom stereocenters. The van der Waals surface area contributed by atoms with Crippen molar-refractivity contribution in [2.45, 2.75) is 0 Å². The van der Waals surface area contributed by atoms with Gasteiger partial charge in [0.1, 0.15) is 17.3 Å². The van der Waals surface area contributed by atoms with Crippen molar-refractivity contribution < 1.29 is 0 Å². The molecule has 70 valence electrons. The lowest BCUT2D eigenvalue weighted by molar-refractivity contribution is 1.17. The van der Waals surface area contributed by atoms with Crippen molar-refractivity contribution in [1.82, 2.24) is 9.97 Å². The van der Waals surface area contributed by atoms with E-state index in [1.807, 2.05) is 30.3 Å². The van der Waals surface area contributed by atoms with Crippen LogP contribution in [-0.4, -0.2) is 9.97 Å². The Bertz CT molecular complexity index is 417. The molecule has 0 unspecified atom stereocenters. The van der Waals surface area contributed by atoms with Crippen LogP contribution in [0, 0.1) is 0 Å². The molecule has 4 heteroatoms. The number of hydrogen-bond donors (Lipinski definition) is 1. The van der Waals surface area contributed by atoms with E-state index >= 15 is 0 Å². The Morgan fingerprint density at radius 2 is 1.86 bits per heavy atom. The largest absolute Gasteiger partial charge is 0.340 e. The van der Waals surface area contributed by atoms with Crippen molar-refractivity contribution in [3.8, 4) is 0 Å². The van der Waals surface area contributed by atoms with Crippen LogP contribution in [0.4, 0.5) is 11.5 Å². The summed E-state index contributed by atoms with van der Waals surface area (Å²) in [7, 11) is 0. The fraction of sp³-hybridized carbons (Fsp3) is 0. The molecule has 1 N–H and O–H groups in total. The van der Waals surface area contributed by atoms with E-state index in [2.05, 4.69) is 15.3 Å². The van der Waals surface area contributed by atoms with Crippen molar-refractivity contribution in [3.05, 3.63) is 47.9 Å². The van der Waals surface area contributed by atoms with Crippen LogP contribution in [0.25, 0.3) is 0 Å². The normalized spacial score (nSPS) is 9.79. The SMILES string of the molecule is Clc1cc(Nc2ccccc2)ncn1. The summed E-state index contributed by atoms with van der Waals surface area (Å²) < 4.78 is 0. The molecule has 0 bridgehead atoms. The number of hydrogen-bond acceptors (Lipinski definition) is 3. The summed E-state index contributed by atoms with van der Waals surface area (Å²) >= 11 is 5.72. The maximum Gasteiger partial charge on any atom is 0.135 e. The highest BCUT2D eigenvalue weighted by molar-refractivity contribution is 6.29. The maximum atomic E-state index is 5.72. The van der Waals surface area contributed by atoms with Crippen LogP contribution in [0.3, 0.4) is 0 Å². The van der Waals surface area contributed by atoms with E-state index < -0.39 is 0 Å². The second kappa shape index (κ2) is 4.07. The molecule has 0 saturated carbocycles. The molecule has 1 aromatic carbocycles. The van der Waals surface area contributed by atoms with E-state index in [1.54, 1.807) is 6.07 Å². The number of halogens is 1. The smallest absolute Gasteiger partial charge is 0.135 e. The third-order valence-electron chi connectivity index (χ3n) is 1.68. The molecule has 0 aliphatic carbocycles. The summed E-state index contributed by atoms with van der Waals surface area (Å²) in [5.74, 6) is 0.691. The van der Waals surface area contributed by atoms with Crippen molar-refractivity contribution in [1.29, 1.82) is 0 Å². The van der Waals surface area contributed by atoms with Gasteiger partial charge in [-0.15, -0.1) is 0 Å². The molecule has 0 amide bonds. The van der Waals surface area contributed by atoms with Gasteiger partial charge >= 0.3 is 0 Å². The molecule has 0 aliphatic heterocycles. The van der Waals surface area contributed by atoms with Crippen molar-refractivity contribution in [2.75, 3.05) is 5.32 Å². The van der Waals surface area contributed by atoms with E-state index in [0.29, 0.717) is 11.0 Å². The predicted molar refractivity (Wildman–Crippen MR) is 56.8 cm³/mol. The first-order chi connectivity index (χ1) is 6.84. The molecular weight excluding hydrogens is 198 g/mol. The van der Waals surface area contributed by atoms with Gasteiger partial charge in [-0.3, -0.25) is 0 Å². The van der Waals surface area contributed by atoms with Crippen molar-refractivity contribution in [2.24, 2.45) is 0 Å². The van der Waals surface area contributed by atoms with Gasteiger partial charge in [0.15, 0.2) is 0 Å². The van der Waals surface area contributed by atoms with Gasteiger partial charge in [-0.05, 0) is 12.1 Å². The molecular formula is C10H8ClN3. The van der Waals surface area contributed by atoms with Crippen LogP contribution in [-0.2, 0) is 0 Å². The van der Waals surface area contributed by atoms with E-state index in [-0.39, 0.29) is 0 Å². The van der Waals surface area contributed by atoms with Gasteiger partial charge in [-0.1, -0.05) is 29.8 Å². The highest BCUT2D eigenvalue weighted by Crippen LogP contribution is 2.15. The molecule has 0 fully saturated rings. The van der Waals surface area contributed by atoms with Crippen LogP contribution in [0.15, 0.2) is 42.7 Å². The zero-order valence-corrected chi connectivity index (χ0v) is 8.07. The van der Waals surface area contributed by atoms with Gasteiger partial charge in [-0.25, -0.2) is 9.97 Å². The number of rotatable bonds is 2. The molecule has 0 saturated heterocycles. The molecule has 0 radical (unpaired) electrons. The van der Waals surface area contributed by atoms with Gasteiger partial charge in [0.25, 0.3) is 0 Å². The van der Waals surface area contributed by atoms with Gasteiger partial charge in [0, 0.05) is 11.8 Å². The topological polar surface area (TPSA) is 37.8 Å². The molecule has 14 heavy (non-hydrogen) atoms. The quantitative estimate of drug-likeness (QED) is 0.767. The van der Waals surface area contributed by atoms with Gasteiger partial charge in [0.2, 0.25) is 0 Å². The minimum atomic E-state index is 0.429. The minimum Gasteiger partial charge on any atom is -0.340 e. The monoisotopic (exact) mass is 205 g/mol. The summed E-state index contributed by atoms with van der Waals surface area (Å²) in [6, 6.07) is 11.4. The Labute approximate surface area is 86.8 Å². The van der Waals surface area contributed by atoms with E-state index in [9.17, 15) is 0 Å². The summed E-state index contributed by atoms with van der Waals surface area (Å²) in [6.45, 7) is 0. The fourth-order valence-electron chi connectivity index (χ4n) is 1.07. The molecule has 0 spiro atoms. The average molecular weight is 206 g/mol. The van der Waals surface area contributed by atoms with Crippen LogP contribution in [0.2, 0.25) is 5.15 Å². The highest BCUT2D eigenvalue weighted by Gasteiger charge is 1.95. The van der Waals surface area contributed by atoms with Gasteiger partial charge in [-0.2, -0.15) is 0 Å². The van der Waals surface area contributed by atoms with E-state index in [4.69, 9.17) is 11.6 Å². The Kier molecular flexibility index (Phi) is 2.60. The number of aromatic nitrogens is 2. The predicted octanol–water partition coefficient (Wildman–Crippen LogP) is 2.87. The van der Waals surface area contributed by atoms with Crippen molar-refractivity contribution >= 4 is 23.1 Å². The van der Waals surface area contributed by atoms with E-state index in [0.717, 1.165) is 5.69 Å². The maximum absolute atomic E-state index is 5.72. The third-order valence-corrected chi connectivity index (χ3v) is 1.89. The second-order valence-corrected chi connectivity index (χ2v) is 3.10. The van der Waals surface area contributed by atoms with E-state index in [1.165, 1.54) is 6.33 Å². The molecule has 3 nitrogen and oxygen atoms in total. The number of para-hydroxylation sites is 1. The Balaban J connectivity index is 2.19. The molecule has 0 aliphatic rings. The van der Waals surface area contributed by atoms with Crippen LogP contribution in [0.5, 0.6) is 0 Å². The molecule has 2 rings (SSSR count). The number of nitrogens with zero attached hydrogens (tertiary/aromatic N) is 2. The molecule has 1 aromatic heterocycles. The van der Waals surface area contributed by atoms with Crippen LogP contribution < -0.4 is 5.32 Å². The minimum absolute atomic E-state index is 0.429. The van der Waals surface area contributed by atoms with Gasteiger partial charge < -0.3 is 5.32 Å². The van der Waals surface area contributed by atoms with Crippen LogP contribution in [0.1, 0.15) is 0 Å². The first-order valence-corrected chi connectivity index (χ1v) is 4.52. The lowest BCUT2D eigenvalue weighted by Crippen LogP contribution is -1.93. The van der Waals surface area contributed by atoms with Crippen molar-refractivity contribution in [3.63, 3.8) is 0 Å². The first kappa shape index (κ1) is 8.97. The summed E-state index contributed by atoms with van der Waals surface area (Å²) in [4.78, 5) is 7.82.